The maximum Gasteiger partial charge on any atom is 0.235 e. The first-order chi connectivity index (χ1) is 15.5. The van der Waals surface area contributed by atoms with Crippen molar-refractivity contribution in [2.24, 2.45) is 7.05 Å². The maximum absolute atomic E-state index is 12.7. The van der Waals surface area contributed by atoms with Crippen LogP contribution in [-0.4, -0.2) is 26.4 Å². The van der Waals surface area contributed by atoms with Gasteiger partial charge in [-0.05, 0) is 43.2 Å². The minimum atomic E-state index is -0.122. The summed E-state index contributed by atoms with van der Waals surface area (Å²) in [6.45, 7) is 4.36. The minimum Gasteiger partial charge on any atom is -0.316 e. The maximum atomic E-state index is 12.7. The summed E-state index contributed by atoms with van der Waals surface area (Å²) in [5.41, 5.74) is 2.86. The topological polar surface area (TPSA) is 83.6 Å². The average Bonchev–Trinajstić information content (AvgIpc) is 3.44. The van der Waals surface area contributed by atoms with E-state index >= 15 is 0 Å². The van der Waals surface area contributed by atoms with Gasteiger partial charge in [0.1, 0.15) is 11.1 Å². The molecule has 0 saturated heterocycles. The van der Waals surface area contributed by atoms with Crippen molar-refractivity contribution in [3.05, 3.63) is 32.3 Å². The number of aryl methyl sites for hydroxylation is 1. The summed E-state index contributed by atoms with van der Waals surface area (Å²) in [5, 5.41) is 24.8. The lowest BCUT2D eigenvalue weighted by atomic mass is 9.97. The van der Waals surface area contributed by atoms with E-state index in [1.54, 1.807) is 22.7 Å². The number of fused-ring (bicyclic) bond motifs is 1. The molecule has 9 heteroatoms. The molecule has 3 aromatic heterocycles. The van der Waals surface area contributed by atoms with Gasteiger partial charge in [0.2, 0.25) is 5.91 Å². The van der Waals surface area contributed by atoms with Crippen LogP contribution >= 0.6 is 34.4 Å². The van der Waals surface area contributed by atoms with Gasteiger partial charge in [-0.15, -0.1) is 32.9 Å². The predicted octanol–water partition coefficient (Wildman–Crippen LogP) is 5.99. The highest BCUT2D eigenvalue weighted by Gasteiger charge is 2.21. The molecule has 3 heterocycles. The van der Waals surface area contributed by atoms with Gasteiger partial charge in [0.25, 0.3) is 0 Å². The SMILES string of the molecule is CC(C)c1cc(-c2nnc(SCC(=O)Nc3sc4c(c3C#N)CCCCCC4)n2C)cs1. The molecule has 32 heavy (non-hydrogen) atoms. The average molecular weight is 486 g/mol. The lowest BCUT2D eigenvalue weighted by Gasteiger charge is -2.08. The van der Waals surface area contributed by atoms with Crippen molar-refractivity contribution in [2.45, 2.75) is 63.4 Å². The molecule has 0 spiro atoms. The van der Waals surface area contributed by atoms with Gasteiger partial charge in [-0.1, -0.05) is 38.5 Å². The monoisotopic (exact) mass is 485 g/mol. The second kappa shape index (κ2) is 10.2. The highest BCUT2D eigenvalue weighted by Crippen LogP contribution is 2.37. The first kappa shape index (κ1) is 23.0. The molecule has 1 aliphatic rings. The van der Waals surface area contributed by atoms with Gasteiger partial charge in [-0.3, -0.25) is 4.79 Å². The van der Waals surface area contributed by atoms with E-state index in [2.05, 4.69) is 46.9 Å². The lowest BCUT2D eigenvalue weighted by Crippen LogP contribution is -2.14. The summed E-state index contributed by atoms with van der Waals surface area (Å²) >= 11 is 4.66. The Morgan fingerprint density at radius 1 is 1.28 bits per heavy atom. The number of nitriles is 1. The van der Waals surface area contributed by atoms with Crippen molar-refractivity contribution in [3.8, 4) is 17.5 Å². The van der Waals surface area contributed by atoms with Crippen LogP contribution < -0.4 is 5.32 Å². The van der Waals surface area contributed by atoms with Crippen molar-refractivity contribution >= 4 is 45.3 Å². The summed E-state index contributed by atoms with van der Waals surface area (Å²) in [4.78, 5) is 15.3. The Bertz CT molecular complexity index is 1150. The zero-order valence-electron chi connectivity index (χ0n) is 18.6. The van der Waals surface area contributed by atoms with Crippen molar-refractivity contribution in [2.75, 3.05) is 11.1 Å². The molecule has 0 saturated carbocycles. The van der Waals surface area contributed by atoms with Gasteiger partial charge in [0.05, 0.1) is 11.3 Å². The van der Waals surface area contributed by atoms with E-state index in [0.717, 1.165) is 42.6 Å². The van der Waals surface area contributed by atoms with Gasteiger partial charge in [0.15, 0.2) is 11.0 Å². The van der Waals surface area contributed by atoms with Crippen LogP contribution in [0, 0.1) is 11.3 Å². The molecule has 168 valence electrons. The van der Waals surface area contributed by atoms with Gasteiger partial charge in [-0.25, -0.2) is 0 Å². The molecule has 0 fully saturated rings. The number of hydrogen-bond donors (Lipinski definition) is 1. The Labute approximate surface area is 201 Å². The number of thioether (sulfide) groups is 1. The highest BCUT2D eigenvalue weighted by atomic mass is 32.2. The summed E-state index contributed by atoms with van der Waals surface area (Å²) in [5.74, 6) is 1.39. The summed E-state index contributed by atoms with van der Waals surface area (Å²) in [6, 6.07) is 4.49. The van der Waals surface area contributed by atoms with Gasteiger partial charge >= 0.3 is 0 Å². The summed E-state index contributed by atoms with van der Waals surface area (Å²) in [7, 11) is 1.93. The normalized spacial score (nSPS) is 14.0. The van der Waals surface area contributed by atoms with Crippen LogP contribution in [-0.2, 0) is 24.7 Å². The number of nitrogens with zero attached hydrogens (tertiary/aromatic N) is 4. The van der Waals surface area contributed by atoms with Crippen LogP contribution in [0.3, 0.4) is 0 Å². The minimum absolute atomic E-state index is 0.122. The first-order valence-electron chi connectivity index (χ1n) is 10.9. The quantitative estimate of drug-likeness (QED) is 0.434. The molecule has 0 aromatic carbocycles. The van der Waals surface area contributed by atoms with Crippen LogP contribution in [0.25, 0.3) is 11.4 Å². The molecular formula is C23H27N5OS3. The zero-order valence-corrected chi connectivity index (χ0v) is 21.1. The van der Waals surface area contributed by atoms with E-state index in [-0.39, 0.29) is 11.7 Å². The Morgan fingerprint density at radius 2 is 2.06 bits per heavy atom. The molecule has 3 aromatic rings. The molecule has 6 nitrogen and oxygen atoms in total. The van der Waals surface area contributed by atoms with Crippen LogP contribution in [0.2, 0.25) is 0 Å². The largest absolute Gasteiger partial charge is 0.316 e. The first-order valence-corrected chi connectivity index (χ1v) is 13.6. The van der Waals surface area contributed by atoms with Crippen molar-refractivity contribution in [3.63, 3.8) is 0 Å². The molecule has 1 aliphatic carbocycles. The van der Waals surface area contributed by atoms with Crippen molar-refractivity contribution in [1.29, 1.82) is 5.26 Å². The van der Waals surface area contributed by atoms with Crippen molar-refractivity contribution < 1.29 is 4.79 Å². The van der Waals surface area contributed by atoms with Crippen LogP contribution in [0.5, 0.6) is 0 Å². The number of carbonyl (C=O) groups is 1. The van der Waals surface area contributed by atoms with E-state index in [9.17, 15) is 10.1 Å². The number of anilines is 1. The number of nitrogens with one attached hydrogen (secondary N) is 1. The highest BCUT2D eigenvalue weighted by molar-refractivity contribution is 7.99. The van der Waals surface area contributed by atoms with Crippen LogP contribution in [0.15, 0.2) is 16.6 Å². The summed E-state index contributed by atoms with van der Waals surface area (Å²) in [6.07, 6.45) is 6.64. The fourth-order valence-corrected chi connectivity index (χ4v) is 6.75. The third kappa shape index (κ3) is 4.92. The zero-order chi connectivity index (χ0) is 22.7. The molecule has 0 bridgehead atoms. The van der Waals surface area contributed by atoms with Gasteiger partial charge < -0.3 is 9.88 Å². The second-order valence-corrected chi connectivity index (χ2v) is 11.3. The van der Waals surface area contributed by atoms with E-state index in [0.29, 0.717) is 21.6 Å². The number of carbonyl (C=O) groups excluding carboxylic acids is 1. The molecule has 0 unspecified atom stereocenters. The fourth-order valence-electron chi connectivity index (χ4n) is 3.88. The fraction of sp³-hybridized carbons (Fsp3) is 0.478. The standard InChI is InChI=1S/C23H27N5OS3/c1-14(2)19-10-15(12-30-19)21-26-27-23(28(21)3)31-13-20(29)25-22-17(11-24)16-8-6-4-5-7-9-18(16)32-22/h10,12,14H,4-9,13H2,1-3H3,(H,25,29). The molecular weight excluding hydrogens is 458 g/mol. The number of amides is 1. The lowest BCUT2D eigenvalue weighted by molar-refractivity contribution is -0.113. The number of aromatic nitrogens is 3. The van der Waals surface area contributed by atoms with Gasteiger partial charge in [0, 0.05) is 27.7 Å². The third-order valence-corrected chi connectivity index (χ3v) is 9.11. The molecule has 0 radical (unpaired) electrons. The second-order valence-electron chi connectivity index (χ2n) is 8.33. The van der Waals surface area contributed by atoms with Crippen molar-refractivity contribution in [1.82, 2.24) is 14.8 Å². The molecule has 1 N–H and O–H groups in total. The number of rotatable bonds is 6. The van der Waals surface area contributed by atoms with E-state index in [1.807, 2.05) is 11.6 Å². The molecule has 0 atom stereocenters. The van der Waals surface area contributed by atoms with Crippen LogP contribution in [0.1, 0.15) is 66.3 Å². The molecule has 1 amide bonds. The predicted molar refractivity (Wildman–Crippen MR) is 133 cm³/mol. The van der Waals surface area contributed by atoms with Crippen LogP contribution in [0.4, 0.5) is 5.00 Å². The number of hydrogen-bond acceptors (Lipinski definition) is 7. The van der Waals surface area contributed by atoms with E-state index in [4.69, 9.17) is 0 Å². The third-order valence-electron chi connectivity index (χ3n) is 5.65. The van der Waals surface area contributed by atoms with E-state index < -0.39 is 0 Å². The Kier molecular flexibility index (Phi) is 7.33. The Balaban J connectivity index is 1.42. The molecule has 4 rings (SSSR count). The van der Waals surface area contributed by atoms with E-state index in [1.165, 1.54) is 34.4 Å². The Hall–Kier alpha value is -2.15. The Morgan fingerprint density at radius 3 is 2.78 bits per heavy atom. The van der Waals surface area contributed by atoms with Gasteiger partial charge in [-0.2, -0.15) is 5.26 Å². The molecule has 0 aliphatic heterocycles. The smallest absolute Gasteiger partial charge is 0.235 e. The summed E-state index contributed by atoms with van der Waals surface area (Å²) < 4.78 is 1.93. The number of thiophene rings is 2.